The van der Waals surface area contributed by atoms with E-state index in [1.54, 1.807) is 0 Å². The lowest BCUT2D eigenvalue weighted by molar-refractivity contribution is -0.0706. The van der Waals surface area contributed by atoms with Gasteiger partial charge in [0, 0.05) is 25.3 Å². The average molecular weight is 256 g/mol. The van der Waals surface area contributed by atoms with Crippen LogP contribution in [0.3, 0.4) is 0 Å². The maximum absolute atomic E-state index is 11.7. The summed E-state index contributed by atoms with van der Waals surface area (Å²) >= 11 is 0. The van der Waals surface area contributed by atoms with Crippen molar-refractivity contribution < 1.29 is 14.6 Å². The van der Waals surface area contributed by atoms with Crippen LogP contribution in [0, 0.1) is 0 Å². The van der Waals surface area contributed by atoms with Crippen LogP contribution >= 0.6 is 0 Å². The Morgan fingerprint density at radius 3 is 3.00 bits per heavy atom. The molecule has 3 atom stereocenters. The molecule has 1 fully saturated rings. The second-order valence-electron chi connectivity index (χ2n) is 4.08. The van der Waals surface area contributed by atoms with Gasteiger partial charge < -0.3 is 14.6 Å². The zero-order valence-electron chi connectivity index (χ0n) is 10.0. The molecule has 7 nitrogen and oxygen atoms in total. The fourth-order valence-electron chi connectivity index (χ4n) is 2.07. The van der Waals surface area contributed by atoms with Crippen LogP contribution in [0.15, 0.2) is 21.9 Å². The molecule has 7 heteroatoms. The summed E-state index contributed by atoms with van der Waals surface area (Å²) in [4.78, 5) is 24.9. The molecule has 100 valence electrons. The smallest absolute Gasteiger partial charge is 0.330 e. The molecule has 0 bridgehead atoms. The normalized spacial score (nSPS) is 27.6. The minimum Gasteiger partial charge on any atom is -0.394 e. The molecule has 0 amide bonds. The molecular formula is C11H16N2O5. The lowest BCUT2D eigenvalue weighted by Gasteiger charge is -2.20. The van der Waals surface area contributed by atoms with Crippen LogP contribution < -0.4 is 11.2 Å². The zero-order chi connectivity index (χ0) is 13.1. The van der Waals surface area contributed by atoms with Crippen LogP contribution in [0.2, 0.25) is 0 Å². The largest absolute Gasteiger partial charge is 0.394 e. The summed E-state index contributed by atoms with van der Waals surface area (Å²) < 4.78 is 12.3. The zero-order valence-corrected chi connectivity index (χ0v) is 10.0. The number of hydrogen-bond donors (Lipinski definition) is 2. The van der Waals surface area contributed by atoms with Crippen molar-refractivity contribution in [2.75, 3.05) is 13.2 Å². The monoisotopic (exact) mass is 256 g/mol. The van der Waals surface area contributed by atoms with Crippen LogP contribution in [0.5, 0.6) is 0 Å². The predicted molar refractivity (Wildman–Crippen MR) is 62.3 cm³/mol. The number of nitrogens with one attached hydrogen (secondary N) is 1. The van der Waals surface area contributed by atoms with Gasteiger partial charge in [0.25, 0.3) is 5.56 Å². The fraction of sp³-hybridized carbons (Fsp3) is 0.636. The Kier molecular flexibility index (Phi) is 3.95. The molecule has 18 heavy (non-hydrogen) atoms. The van der Waals surface area contributed by atoms with Crippen molar-refractivity contribution in [1.82, 2.24) is 9.55 Å². The number of aromatic nitrogens is 2. The highest BCUT2D eigenvalue weighted by atomic mass is 16.6. The molecule has 1 aromatic rings. The quantitative estimate of drug-likeness (QED) is 0.737. The third-order valence-corrected chi connectivity index (χ3v) is 2.85. The van der Waals surface area contributed by atoms with E-state index in [2.05, 4.69) is 4.98 Å². The second kappa shape index (κ2) is 5.47. The number of ether oxygens (including phenoxy) is 2. The van der Waals surface area contributed by atoms with Crippen LogP contribution in [0.1, 0.15) is 19.6 Å². The van der Waals surface area contributed by atoms with Crippen LogP contribution in [-0.2, 0) is 9.47 Å². The van der Waals surface area contributed by atoms with Gasteiger partial charge in [0.05, 0.1) is 12.7 Å². The lowest BCUT2D eigenvalue weighted by Crippen LogP contribution is -2.35. The van der Waals surface area contributed by atoms with Gasteiger partial charge in [-0.15, -0.1) is 0 Å². The van der Waals surface area contributed by atoms with Crippen molar-refractivity contribution in [3.63, 3.8) is 0 Å². The highest BCUT2D eigenvalue weighted by Gasteiger charge is 2.37. The molecule has 0 aromatic carbocycles. The van der Waals surface area contributed by atoms with Gasteiger partial charge in [-0.2, -0.15) is 0 Å². The van der Waals surface area contributed by atoms with Gasteiger partial charge in [-0.3, -0.25) is 14.3 Å². The first-order chi connectivity index (χ1) is 8.65. The Balaban J connectivity index is 2.29. The molecule has 1 aliphatic heterocycles. The number of aliphatic hydroxyl groups is 1. The first-order valence-electron chi connectivity index (χ1n) is 5.85. The van der Waals surface area contributed by atoms with Crippen molar-refractivity contribution in [3.05, 3.63) is 33.1 Å². The summed E-state index contributed by atoms with van der Waals surface area (Å²) in [6.07, 6.45) is 0.602. The van der Waals surface area contributed by atoms with E-state index in [9.17, 15) is 9.59 Å². The number of aromatic amines is 1. The third kappa shape index (κ3) is 2.53. The standard InChI is InChI=1S/C11H16N2O5/c1-2-17-8-5-7(6-14)18-10(8)13-4-3-9(15)12-11(13)16/h3-4,7-8,10,14H,2,5-6H2,1H3,(H,12,15,16). The lowest BCUT2D eigenvalue weighted by atomic mass is 10.2. The number of rotatable bonds is 4. The molecule has 0 aliphatic carbocycles. The molecule has 1 aromatic heterocycles. The number of H-pyrrole nitrogens is 1. The van der Waals surface area contributed by atoms with E-state index < -0.39 is 17.5 Å². The van der Waals surface area contributed by atoms with Gasteiger partial charge in [0.2, 0.25) is 0 Å². The topological polar surface area (TPSA) is 93.5 Å². The van der Waals surface area contributed by atoms with E-state index in [4.69, 9.17) is 14.6 Å². The SMILES string of the molecule is CCOC1CC(CO)OC1n1ccc(=O)[nH]c1=O. The molecule has 1 aliphatic rings. The molecule has 2 heterocycles. The van der Waals surface area contributed by atoms with Crippen molar-refractivity contribution >= 4 is 0 Å². The molecule has 0 saturated carbocycles. The van der Waals surface area contributed by atoms with E-state index in [-0.39, 0.29) is 18.8 Å². The Morgan fingerprint density at radius 2 is 2.39 bits per heavy atom. The third-order valence-electron chi connectivity index (χ3n) is 2.85. The van der Waals surface area contributed by atoms with E-state index >= 15 is 0 Å². The Labute approximate surface area is 103 Å². The maximum atomic E-state index is 11.7. The summed E-state index contributed by atoms with van der Waals surface area (Å²) in [6.45, 7) is 2.21. The highest BCUT2D eigenvalue weighted by Crippen LogP contribution is 2.29. The van der Waals surface area contributed by atoms with Crippen molar-refractivity contribution in [2.45, 2.75) is 31.8 Å². The first-order valence-corrected chi connectivity index (χ1v) is 5.85. The molecule has 3 unspecified atom stereocenters. The Bertz CT molecular complexity index is 509. The van der Waals surface area contributed by atoms with Gasteiger partial charge in [-0.05, 0) is 6.92 Å². The van der Waals surface area contributed by atoms with E-state index in [0.29, 0.717) is 13.0 Å². The number of nitrogens with zero attached hydrogens (tertiary/aromatic N) is 1. The van der Waals surface area contributed by atoms with Gasteiger partial charge in [-0.25, -0.2) is 4.79 Å². The molecule has 2 rings (SSSR count). The van der Waals surface area contributed by atoms with Crippen LogP contribution in [-0.4, -0.2) is 40.1 Å². The molecule has 0 spiro atoms. The van der Waals surface area contributed by atoms with Gasteiger partial charge in [0.15, 0.2) is 6.23 Å². The number of hydrogen-bond acceptors (Lipinski definition) is 5. The van der Waals surface area contributed by atoms with Crippen molar-refractivity contribution in [2.24, 2.45) is 0 Å². The van der Waals surface area contributed by atoms with E-state index in [1.165, 1.54) is 16.8 Å². The first kappa shape index (κ1) is 13.0. The Hall–Kier alpha value is -1.44. The fourth-order valence-corrected chi connectivity index (χ4v) is 2.07. The summed E-state index contributed by atoms with van der Waals surface area (Å²) in [7, 11) is 0. The summed E-state index contributed by atoms with van der Waals surface area (Å²) in [5.41, 5.74) is -1.00. The maximum Gasteiger partial charge on any atom is 0.330 e. The van der Waals surface area contributed by atoms with Gasteiger partial charge in [-0.1, -0.05) is 0 Å². The summed E-state index contributed by atoms with van der Waals surface area (Å²) in [5, 5.41) is 9.10. The van der Waals surface area contributed by atoms with Crippen LogP contribution in [0.4, 0.5) is 0 Å². The van der Waals surface area contributed by atoms with Crippen molar-refractivity contribution in [1.29, 1.82) is 0 Å². The van der Waals surface area contributed by atoms with Gasteiger partial charge in [0.1, 0.15) is 6.10 Å². The Morgan fingerprint density at radius 1 is 1.61 bits per heavy atom. The van der Waals surface area contributed by atoms with Crippen LogP contribution in [0.25, 0.3) is 0 Å². The second-order valence-corrected chi connectivity index (χ2v) is 4.08. The minimum absolute atomic E-state index is 0.127. The molecule has 2 N–H and O–H groups in total. The highest BCUT2D eigenvalue weighted by molar-refractivity contribution is 4.89. The predicted octanol–water partition coefficient (Wildman–Crippen LogP) is -0.778. The minimum atomic E-state index is -0.619. The summed E-state index contributed by atoms with van der Waals surface area (Å²) in [5.74, 6) is 0. The van der Waals surface area contributed by atoms with E-state index in [1.807, 2.05) is 6.92 Å². The number of aliphatic hydroxyl groups excluding tert-OH is 1. The molecular weight excluding hydrogens is 240 g/mol. The molecule has 0 radical (unpaired) electrons. The van der Waals surface area contributed by atoms with E-state index in [0.717, 1.165) is 0 Å². The average Bonchev–Trinajstić information content (AvgIpc) is 2.73. The van der Waals surface area contributed by atoms with Gasteiger partial charge >= 0.3 is 5.69 Å². The summed E-state index contributed by atoms with van der Waals surface area (Å²) in [6, 6.07) is 1.25. The van der Waals surface area contributed by atoms with Crippen molar-refractivity contribution in [3.8, 4) is 0 Å². The molecule has 1 saturated heterocycles.